The second-order valence-electron chi connectivity index (χ2n) is 12.5. The number of nitrogens with zero attached hydrogens (tertiary/aromatic N) is 6. The lowest BCUT2D eigenvalue weighted by Gasteiger charge is -2.31. The van der Waals surface area contributed by atoms with Gasteiger partial charge in [-0.15, -0.1) is 11.3 Å². The van der Waals surface area contributed by atoms with Crippen LogP contribution in [-0.4, -0.2) is 50.0 Å². The fourth-order valence-electron chi connectivity index (χ4n) is 7.45. The number of aryl methyl sites for hydroxylation is 1. The number of halogens is 3. The second-order valence-corrected chi connectivity index (χ2v) is 13.6. The first-order chi connectivity index (χ1) is 21.8. The maximum atomic E-state index is 13.2. The maximum absolute atomic E-state index is 13.2. The Balaban J connectivity index is 1.14. The Morgan fingerprint density at radius 2 is 1.96 bits per heavy atom. The van der Waals surface area contributed by atoms with Gasteiger partial charge in [0.05, 0.1) is 24.5 Å². The molecule has 0 bridgehead atoms. The van der Waals surface area contributed by atoms with Crippen LogP contribution in [0.4, 0.5) is 19.0 Å². The average Bonchev–Trinajstić information content (AvgIpc) is 3.82. The van der Waals surface area contributed by atoms with Gasteiger partial charge >= 0.3 is 6.18 Å². The van der Waals surface area contributed by atoms with E-state index in [0.717, 1.165) is 52.3 Å². The topological polar surface area (TPSA) is 98.5 Å². The molecule has 1 saturated heterocycles. The van der Waals surface area contributed by atoms with E-state index in [1.54, 1.807) is 12.3 Å². The number of fused-ring (bicyclic) bond motifs is 2. The van der Waals surface area contributed by atoms with Crippen molar-refractivity contribution >= 4 is 38.3 Å². The molecule has 1 aliphatic heterocycles. The summed E-state index contributed by atoms with van der Waals surface area (Å²) in [5.41, 5.74) is 4.99. The molecule has 0 amide bonds. The minimum absolute atomic E-state index is 0.210. The Bertz CT molecular complexity index is 1850. The number of aromatic amines is 1. The minimum atomic E-state index is -4.26. The van der Waals surface area contributed by atoms with Gasteiger partial charge in [-0.1, -0.05) is 38.2 Å². The summed E-state index contributed by atoms with van der Waals surface area (Å²) in [6.45, 7) is 4.93. The SMILES string of the molecule is Cc1c(CNC2CN(c3ncnc4sc(CC(F)(F)F)cc34)CC2C2CCCCC2)ccc2c1cc(C#N)n2Cc1cn[nH]c1. The van der Waals surface area contributed by atoms with Crippen LogP contribution in [-0.2, 0) is 19.5 Å². The normalized spacial score (nSPS) is 19.6. The van der Waals surface area contributed by atoms with E-state index in [9.17, 15) is 18.4 Å². The van der Waals surface area contributed by atoms with E-state index in [2.05, 4.69) is 55.5 Å². The predicted molar refractivity (Wildman–Crippen MR) is 169 cm³/mol. The van der Waals surface area contributed by atoms with Gasteiger partial charge in [-0.2, -0.15) is 23.5 Å². The molecule has 1 saturated carbocycles. The molecular formula is C33H35F3N8S. The van der Waals surface area contributed by atoms with E-state index in [1.165, 1.54) is 44.0 Å². The average molecular weight is 633 g/mol. The van der Waals surface area contributed by atoms with Gasteiger partial charge < -0.3 is 14.8 Å². The van der Waals surface area contributed by atoms with Crippen LogP contribution in [0.2, 0.25) is 0 Å². The fourth-order valence-corrected chi connectivity index (χ4v) is 8.47. The maximum Gasteiger partial charge on any atom is 0.393 e. The smallest absolute Gasteiger partial charge is 0.354 e. The van der Waals surface area contributed by atoms with Crippen LogP contribution in [0.1, 0.15) is 59.4 Å². The van der Waals surface area contributed by atoms with E-state index in [4.69, 9.17) is 0 Å². The molecule has 1 aliphatic carbocycles. The van der Waals surface area contributed by atoms with E-state index in [-0.39, 0.29) is 10.9 Å². The molecular weight excluding hydrogens is 597 g/mol. The van der Waals surface area contributed by atoms with Gasteiger partial charge in [0.25, 0.3) is 0 Å². The first kappa shape index (κ1) is 29.7. The Morgan fingerprint density at radius 3 is 2.71 bits per heavy atom. The molecule has 2 fully saturated rings. The minimum Gasteiger partial charge on any atom is -0.354 e. The van der Waals surface area contributed by atoms with Crippen molar-refractivity contribution < 1.29 is 13.2 Å². The fraction of sp³-hybridized carbons (Fsp3) is 0.455. The summed E-state index contributed by atoms with van der Waals surface area (Å²) in [6, 6.07) is 10.4. The Morgan fingerprint density at radius 1 is 1.11 bits per heavy atom. The molecule has 12 heteroatoms. The monoisotopic (exact) mass is 632 g/mol. The van der Waals surface area contributed by atoms with Crippen molar-refractivity contribution in [3.63, 3.8) is 0 Å². The lowest BCUT2D eigenvalue weighted by Crippen LogP contribution is -2.39. The highest BCUT2D eigenvalue weighted by atomic mass is 32.1. The van der Waals surface area contributed by atoms with Crippen molar-refractivity contribution in [1.29, 1.82) is 5.26 Å². The number of alkyl halides is 3. The second kappa shape index (κ2) is 12.1. The van der Waals surface area contributed by atoms with E-state index in [1.807, 2.05) is 16.8 Å². The summed E-state index contributed by atoms with van der Waals surface area (Å²) in [7, 11) is 0. The third-order valence-corrected chi connectivity index (χ3v) is 10.7. The molecule has 5 heterocycles. The van der Waals surface area contributed by atoms with Gasteiger partial charge in [0.1, 0.15) is 28.7 Å². The van der Waals surface area contributed by atoms with Crippen LogP contribution in [0, 0.1) is 30.1 Å². The van der Waals surface area contributed by atoms with Crippen molar-refractivity contribution in [3.8, 4) is 6.07 Å². The molecule has 1 aromatic carbocycles. The number of hydrogen-bond acceptors (Lipinski definition) is 7. The number of anilines is 1. The number of rotatable bonds is 8. The summed E-state index contributed by atoms with van der Waals surface area (Å²) in [5.74, 6) is 1.74. The molecule has 2 N–H and O–H groups in total. The quantitative estimate of drug-likeness (QED) is 0.194. The lowest BCUT2D eigenvalue weighted by atomic mass is 9.78. The van der Waals surface area contributed by atoms with Gasteiger partial charge in [-0.05, 0) is 48.1 Å². The van der Waals surface area contributed by atoms with Gasteiger partial charge in [0, 0.05) is 53.2 Å². The van der Waals surface area contributed by atoms with E-state index < -0.39 is 12.6 Å². The molecule has 234 valence electrons. The molecule has 0 radical (unpaired) electrons. The van der Waals surface area contributed by atoms with Gasteiger partial charge in [-0.3, -0.25) is 5.10 Å². The van der Waals surface area contributed by atoms with E-state index in [0.29, 0.717) is 40.8 Å². The zero-order chi connectivity index (χ0) is 31.1. The number of H-pyrrole nitrogens is 1. The summed E-state index contributed by atoms with van der Waals surface area (Å²) in [4.78, 5) is 12.0. The Hall–Kier alpha value is -3.95. The highest BCUT2D eigenvalue weighted by Gasteiger charge is 2.39. The van der Waals surface area contributed by atoms with Crippen LogP contribution in [0.5, 0.6) is 0 Å². The predicted octanol–water partition coefficient (Wildman–Crippen LogP) is 6.88. The van der Waals surface area contributed by atoms with Crippen LogP contribution < -0.4 is 10.2 Å². The van der Waals surface area contributed by atoms with Crippen LogP contribution in [0.25, 0.3) is 21.1 Å². The van der Waals surface area contributed by atoms with Crippen LogP contribution >= 0.6 is 11.3 Å². The molecule has 4 aromatic heterocycles. The van der Waals surface area contributed by atoms with Gasteiger partial charge in [-0.25, -0.2) is 9.97 Å². The Labute approximate surface area is 263 Å². The number of nitrogens with one attached hydrogen (secondary N) is 2. The van der Waals surface area contributed by atoms with Crippen molar-refractivity contribution in [2.75, 3.05) is 18.0 Å². The summed E-state index contributed by atoms with van der Waals surface area (Å²) in [6.07, 6.45) is 6.06. The third kappa shape index (κ3) is 6.03. The lowest BCUT2D eigenvalue weighted by molar-refractivity contribution is -0.126. The molecule has 2 aliphatic rings. The molecule has 2 unspecified atom stereocenters. The first-order valence-electron chi connectivity index (χ1n) is 15.6. The third-order valence-electron chi connectivity index (χ3n) is 9.69. The number of hydrogen-bond donors (Lipinski definition) is 2. The zero-order valence-corrected chi connectivity index (χ0v) is 25.9. The van der Waals surface area contributed by atoms with Gasteiger partial charge in [0.15, 0.2) is 0 Å². The van der Waals surface area contributed by atoms with Crippen molar-refractivity contribution in [3.05, 3.63) is 70.2 Å². The summed E-state index contributed by atoms with van der Waals surface area (Å²) >= 11 is 1.10. The first-order valence-corrected chi connectivity index (χ1v) is 16.4. The number of aromatic nitrogens is 5. The van der Waals surface area contributed by atoms with Crippen molar-refractivity contribution in [2.45, 2.75) is 70.8 Å². The van der Waals surface area contributed by atoms with Crippen LogP contribution in [0.3, 0.4) is 0 Å². The highest BCUT2D eigenvalue weighted by molar-refractivity contribution is 7.18. The number of thiophene rings is 1. The summed E-state index contributed by atoms with van der Waals surface area (Å²) < 4.78 is 41.5. The molecule has 7 rings (SSSR count). The summed E-state index contributed by atoms with van der Waals surface area (Å²) in [5, 5.41) is 22.4. The number of nitriles is 1. The van der Waals surface area contributed by atoms with Gasteiger partial charge in [0.2, 0.25) is 0 Å². The van der Waals surface area contributed by atoms with Crippen LogP contribution in [0.15, 0.2) is 43.0 Å². The van der Waals surface area contributed by atoms with E-state index >= 15 is 0 Å². The standard InChI is InChI=1S/C33H35F3N8S/c1-20-23(7-8-30-26(20)9-24(12-37)44(30)16-21-13-41-42-14-21)15-38-29-18-43(17-28(29)22-5-3-2-4-6-22)31-27-10-25(11-33(34,35)36)45-32(27)40-19-39-31/h7-10,13-14,19,22,28-29,38H,2-6,11,15-18H2,1H3,(H,41,42). The number of benzene rings is 1. The Kier molecular flexibility index (Phi) is 8.00. The largest absolute Gasteiger partial charge is 0.393 e. The molecule has 45 heavy (non-hydrogen) atoms. The molecule has 2 atom stereocenters. The van der Waals surface area contributed by atoms with Crippen molar-refractivity contribution in [1.82, 2.24) is 30.0 Å². The highest BCUT2D eigenvalue weighted by Crippen LogP contribution is 2.40. The molecule has 5 aromatic rings. The molecule has 8 nitrogen and oxygen atoms in total. The zero-order valence-electron chi connectivity index (χ0n) is 25.1. The van der Waals surface area contributed by atoms with Crippen molar-refractivity contribution in [2.24, 2.45) is 11.8 Å². The molecule has 0 spiro atoms.